The van der Waals surface area contributed by atoms with Gasteiger partial charge < -0.3 is 10.7 Å². The normalized spacial score (nSPS) is 9.82. The quantitative estimate of drug-likeness (QED) is 0.756. The Hall–Kier alpha value is -2.33. The number of nitriles is 1. The zero-order chi connectivity index (χ0) is 12.3. The Morgan fingerprint density at radius 3 is 3.06 bits per heavy atom. The van der Waals surface area contributed by atoms with Gasteiger partial charge in [0.25, 0.3) is 5.56 Å². The number of aromatic nitrogens is 3. The molecule has 0 atom stereocenters. The van der Waals surface area contributed by atoms with Crippen LogP contribution in [0.15, 0.2) is 39.4 Å². The van der Waals surface area contributed by atoms with Crippen molar-refractivity contribution >= 4 is 17.6 Å². The van der Waals surface area contributed by atoms with E-state index in [4.69, 9.17) is 11.0 Å². The molecule has 6 nitrogen and oxygen atoms in total. The molecule has 0 aliphatic heterocycles. The van der Waals surface area contributed by atoms with E-state index >= 15 is 0 Å². The lowest BCUT2D eigenvalue weighted by molar-refractivity contribution is 0.944. The lowest BCUT2D eigenvalue weighted by Gasteiger charge is -2.02. The van der Waals surface area contributed by atoms with Gasteiger partial charge in [-0.15, -0.1) is 0 Å². The molecule has 84 valence electrons. The van der Waals surface area contributed by atoms with Crippen molar-refractivity contribution in [1.29, 1.82) is 5.26 Å². The van der Waals surface area contributed by atoms with Crippen LogP contribution in [0, 0.1) is 11.3 Å². The maximum atomic E-state index is 11.2. The van der Waals surface area contributed by atoms with E-state index in [2.05, 4.69) is 15.0 Å². The highest BCUT2D eigenvalue weighted by Gasteiger charge is 2.06. The van der Waals surface area contributed by atoms with Gasteiger partial charge in [-0.2, -0.15) is 5.26 Å². The number of nitrogen functional groups attached to an aromatic ring is 1. The summed E-state index contributed by atoms with van der Waals surface area (Å²) in [7, 11) is 0. The van der Waals surface area contributed by atoms with Crippen LogP contribution in [0.3, 0.4) is 0 Å². The Bertz CT molecular complexity index is 646. The Morgan fingerprint density at radius 1 is 1.53 bits per heavy atom. The van der Waals surface area contributed by atoms with Gasteiger partial charge in [-0.1, -0.05) is 0 Å². The van der Waals surface area contributed by atoms with Crippen molar-refractivity contribution in [3.05, 3.63) is 40.4 Å². The first-order valence-corrected chi connectivity index (χ1v) is 5.39. The third kappa shape index (κ3) is 2.62. The summed E-state index contributed by atoms with van der Waals surface area (Å²) in [6, 6.07) is 4.82. The lowest BCUT2D eigenvalue weighted by atomic mass is 10.3. The van der Waals surface area contributed by atoms with Crippen LogP contribution in [0.4, 0.5) is 5.82 Å². The predicted octanol–water partition coefficient (Wildman–Crippen LogP) is 0.770. The molecule has 0 saturated heterocycles. The van der Waals surface area contributed by atoms with Gasteiger partial charge in [0.15, 0.2) is 5.16 Å². The highest BCUT2D eigenvalue weighted by atomic mass is 32.2. The Kier molecular flexibility index (Phi) is 3.07. The van der Waals surface area contributed by atoms with Gasteiger partial charge in [-0.25, -0.2) is 4.98 Å². The molecule has 2 rings (SSSR count). The molecule has 0 radical (unpaired) electrons. The molecular weight excluding hydrogens is 238 g/mol. The van der Waals surface area contributed by atoms with Crippen LogP contribution in [-0.2, 0) is 0 Å². The molecule has 0 saturated carbocycles. The van der Waals surface area contributed by atoms with Gasteiger partial charge in [0.2, 0.25) is 0 Å². The summed E-state index contributed by atoms with van der Waals surface area (Å²) in [6.45, 7) is 0. The second kappa shape index (κ2) is 4.67. The van der Waals surface area contributed by atoms with Crippen LogP contribution in [-0.4, -0.2) is 15.0 Å². The fourth-order valence-corrected chi connectivity index (χ4v) is 2.01. The number of rotatable bonds is 2. The van der Waals surface area contributed by atoms with Crippen LogP contribution in [0.2, 0.25) is 0 Å². The van der Waals surface area contributed by atoms with Crippen molar-refractivity contribution in [2.75, 3.05) is 5.73 Å². The van der Waals surface area contributed by atoms with E-state index in [1.54, 1.807) is 6.07 Å². The molecule has 0 amide bonds. The van der Waals surface area contributed by atoms with E-state index in [0.717, 1.165) is 11.8 Å². The Labute approximate surface area is 101 Å². The van der Waals surface area contributed by atoms with Crippen molar-refractivity contribution < 1.29 is 0 Å². The van der Waals surface area contributed by atoms with Crippen LogP contribution in [0.1, 0.15) is 5.56 Å². The Balaban J connectivity index is 2.38. The van der Waals surface area contributed by atoms with E-state index in [1.807, 2.05) is 6.07 Å². The third-order valence-corrected chi connectivity index (χ3v) is 2.78. The maximum Gasteiger partial charge on any atom is 0.253 e. The molecule has 0 spiro atoms. The number of aromatic amines is 1. The van der Waals surface area contributed by atoms with Crippen molar-refractivity contribution in [3.8, 4) is 6.07 Å². The zero-order valence-electron chi connectivity index (χ0n) is 8.54. The van der Waals surface area contributed by atoms with Gasteiger partial charge >= 0.3 is 0 Å². The van der Waals surface area contributed by atoms with E-state index in [9.17, 15) is 4.79 Å². The number of nitrogens with two attached hydrogens (primary N) is 1. The summed E-state index contributed by atoms with van der Waals surface area (Å²) in [5.74, 6) is 0.138. The van der Waals surface area contributed by atoms with Crippen LogP contribution in [0.25, 0.3) is 0 Å². The largest absolute Gasteiger partial charge is 0.383 e. The van der Waals surface area contributed by atoms with Crippen molar-refractivity contribution in [2.24, 2.45) is 0 Å². The number of pyridine rings is 1. The minimum atomic E-state index is -0.331. The second-order valence-corrected chi connectivity index (χ2v) is 4.09. The molecule has 2 aromatic rings. The van der Waals surface area contributed by atoms with E-state index in [1.165, 1.54) is 18.5 Å². The first kappa shape index (κ1) is 11.2. The van der Waals surface area contributed by atoms with E-state index in [0.29, 0.717) is 15.6 Å². The van der Waals surface area contributed by atoms with Crippen LogP contribution >= 0.6 is 11.8 Å². The van der Waals surface area contributed by atoms with Gasteiger partial charge in [0, 0.05) is 18.5 Å². The summed E-state index contributed by atoms with van der Waals surface area (Å²) >= 11 is 1.14. The van der Waals surface area contributed by atoms with Gasteiger partial charge in [-0.3, -0.25) is 9.78 Å². The summed E-state index contributed by atoms with van der Waals surface area (Å²) in [5.41, 5.74) is 5.60. The fourth-order valence-electron chi connectivity index (χ4n) is 1.16. The molecule has 7 heteroatoms. The van der Waals surface area contributed by atoms with Crippen LogP contribution < -0.4 is 11.3 Å². The number of hydrogen-bond donors (Lipinski definition) is 2. The molecule has 0 unspecified atom stereocenters. The number of hydrogen-bond acceptors (Lipinski definition) is 6. The fraction of sp³-hybridized carbons (Fsp3) is 0. The van der Waals surface area contributed by atoms with E-state index < -0.39 is 0 Å². The average Bonchev–Trinajstić information content (AvgIpc) is 2.28. The summed E-state index contributed by atoms with van der Waals surface area (Å²) < 4.78 is 0. The van der Waals surface area contributed by atoms with Crippen molar-refractivity contribution in [2.45, 2.75) is 10.1 Å². The summed E-state index contributed by atoms with van der Waals surface area (Å²) in [6.07, 6.45) is 3.06. The number of H-pyrrole nitrogens is 1. The number of nitrogens with one attached hydrogen (secondary N) is 1. The molecule has 17 heavy (non-hydrogen) atoms. The Morgan fingerprint density at radius 2 is 2.35 bits per heavy atom. The van der Waals surface area contributed by atoms with Crippen molar-refractivity contribution in [1.82, 2.24) is 15.0 Å². The lowest BCUT2D eigenvalue weighted by Crippen LogP contribution is -2.09. The second-order valence-electron chi connectivity index (χ2n) is 3.06. The first-order valence-electron chi connectivity index (χ1n) is 4.58. The minimum Gasteiger partial charge on any atom is -0.383 e. The zero-order valence-corrected chi connectivity index (χ0v) is 9.36. The predicted molar refractivity (Wildman–Crippen MR) is 62.3 cm³/mol. The molecule has 0 aromatic carbocycles. The average molecular weight is 245 g/mol. The highest BCUT2D eigenvalue weighted by Crippen LogP contribution is 2.26. The van der Waals surface area contributed by atoms with Gasteiger partial charge in [0.1, 0.15) is 11.9 Å². The summed E-state index contributed by atoms with van der Waals surface area (Å²) in [4.78, 5) is 22.2. The highest BCUT2D eigenvalue weighted by molar-refractivity contribution is 7.99. The van der Waals surface area contributed by atoms with E-state index in [-0.39, 0.29) is 11.4 Å². The monoisotopic (exact) mass is 245 g/mol. The topological polar surface area (TPSA) is 108 Å². The molecular formula is C10H7N5OS. The summed E-state index contributed by atoms with van der Waals surface area (Å²) in [5, 5.41) is 9.23. The molecule has 3 N–H and O–H groups in total. The molecule has 2 aromatic heterocycles. The molecule has 2 heterocycles. The molecule has 0 aliphatic rings. The van der Waals surface area contributed by atoms with Gasteiger partial charge in [0.05, 0.1) is 10.5 Å². The van der Waals surface area contributed by atoms with Crippen molar-refractivity contribution in [3.63, 3.8) is 0 Å². The van der Waals surface area contributed by atoms with Crippen LogP contribution in [0.5, 0.6) is 0 Å². The first-order chi connectivity index (χ1) is 8.19. The smallest absolute Gasteiger partial charge is 0.253 e. The molecule has 0 bridgehead atoms. The maximum absolute atomic E-state index is 11.2. The number of nitrogens with zero attached hydrogens (tertiary/aromatic N) is 3. The van der Waals surface area contributed by atoms with Gasteiger partial charge in [-0.05, 0) is 17.8 Å². The molecule has 0 aliphatic carbocycles. The standard InChI is InChI=1S/C10H7N5OS/c11-4-6-1-2-13-5-7(6)17-10-14-8(12)3-9(16)15-10/h1-3,5H,(H3,12,14,15,16). The third-order valence-electron chi connectivity index (χ3n) is 1.85. The molecule has 0 fully saturated rings. The number of anilines is 1. The minimum absolute atomic E-state index is 0.138. The SMILES string of the molecule is N#Cc1ccncc1Sc1nc(N)cc(=O)[nH]1.